The van der Waals surface area contributed by atoms with Gasteiger partial charge in [-0.2, -0.15) is 0 Å². The second-order valence-corrected chi connectivity index (χ2v) is 7.09. The molecular weight excluding hydrogens is 407 g/mol. The summed E-state index contributed by atoms with van der Waals surface area (Å²) in [5, 5.41) is 12.5. The Balaban J connectivity index is 1.76. The van der Waals surface area contributed by atoms with Crippen LogP contribution in [0.25, 0.3) is 0 Å². The molecule has 2 aliphatic rings. The highest BCUT2D eigenvalue weighted by atomic mass is 127. The number of carbonyl (C=O) groups is 2. The maximum Gasteiger partial charge on any atom is 0.322 e. The number of aliphatic carboxylic acids is 1. The quantitative estimate of drug-likeness (QED) is 0.721. The first kappa shape index (κ1) is 14.9. The normalized spacial score (nSPS) is 27.0. The zero-order chi connectivity index (χ0) is 15.1. The topological polar surface area (TPSA) is 69.6 Å². The number of carboxylic acids is 1. The summed E-state index contributed by atoms with van der Waals surface area (Å²) in [6.07, 6.45) is 2.19. The monoisotopic (exact) mass is 420 g/mol. The van der Waals surface area contributed by atoms with Gasteiger partial charge in [0.15, 0.2) is 0 Å². The van der Waals surface area contributed by atoms with E-state index in [4.69, 9.17) is 11.6 Å². The molecule has 3 rings (SSSR count). The van der Waals surface area contributed by atoms with Gasteiger partial charge in [-0.05, 0) is 60.1 Å². The Bertz CT molecular complexity index is 610. The molecule has 2 fully saturated rings. The number of urea groups is 1. The summed E-state index contributed by atoms with van der Waals surface area (Å²) in [6.45, 7) is 0. The highest BCUT2D eigenvalue weighted by Gasteiger charge is 2.51. The van der Waals surface area contributed by atoms with Gasteiger partial charge in [-0.1, -0.05) is 11.6 Å². The molecule has 2 heterocycles. The van der Waals surface area contributed by atoms with Gasteiger partial charge in [-0.25, -0.2) is 4.79 Å². The highest BCUT2D eigenvalue weighted by molar-refractivity contribution is 14.1. The standard InChI is InChI=1S/C14H14ClIN2O3/c15-10-5-7(16)1-3-11(10)17-14(21)18-8-2-4-12(18)9(6-8)13(19)20/h1,3,5,8-9,12H,2,4,6H2,(H,17,21)(H,19,20). The van der Waals surface area contributed by atoms with Crippen molar-refractivity contribution in [2.75, 3.05) is 5.32 Å². The number of benzene rings is 1. The van der Waals surface area contributed by atoms with Crippen molar-refractivity contribution < 1.29 is 14.7 Å². The van der Waals surface area contributed by atoms with Crippen molar-refractivity contribution in [1.82, 2.24) is 4.90 Å². The number of hydrogen-bond acceptors (Lipinski definition) is 2. The van der Waals surface area contributed by atoms with Gasteiger partial charge in [0.05, 0.1) is 16.6 Å². The molecule has 1 aromatic carbocycles. The largest absolute Gasteiger partial charge is 0.481 e. The maximum atomic E-state index is 12.4. The van der Waals surface area contributed by atoms with Crippen LogP contribution in [0.5, 0.6) is 0 Å². The molecule has 21 heavy (non-hydrogen) atoms. The van der Waals surface area contributed by atoms with E-state index in [1.807, 2.05) is 6.07 Å². The van der Waals surface area contributed by atoms with Gasteiger partial charge in [0.2, 0.25) is 0 Å². The van der Waals surface area contributed by atoms with Gasteiger partial charge in [-0.15, -0.1) is 0 Å². The van der Waals surface area contributed by atoms with E-state index >= 15 is 0 Å². The number of nitrogens with zero attached hydrogens (tertiary/aromatic N) is 1. The molecule has 0 aromatic heterocycles. The Kier molecular flexibility index (Phi) is 4.00. The molecule has 2 N–H and O–H groups in total. The van der Waals surface area contributed by atoms with Crippen LogP contribution in [-0.2, 0) is 4.79 Å². The Morgan fingerprint density at radius 3 is 2.76 bits per heavy atom. The molecule has 0 aliphatic carbocycles. The number of rotatable bonds is 2. The Morgan fingerprint density at radius 1 is 1.38 bits per heavy atom. The van der Waals surface area contributed by atoms with Crippen molar-refractivity contribution in [2.45, 2.75) is 31.3 Å². The fourth-order valence-corrected chi connectivity index (χ4v) is 4.24. The molecule has 3 atom stereocenters. The second kappa shape index (κ2) is 5.64. The van der Waals surface area contributed by atoms with Crippen LogP contribution in [0.2, 0.25) is 5.02 Å². The number of halogens is 2. The maximum absolute atomic E-state index is 12.4. The van der Waals surface area contributed by atoms with Gasteiger partial charge in [0.25, 0.3) is 0 Å². The minimum Gasteiger partial charge on any atom is -0.481 e. The number of nitrogens with one attached hydrogen (secondary N) is 1. The fourth-order valence-electron chi connectivity index (χ4n) is 3.34. The first-order valence-corrected chi connectivity index (χ1v) is 8.20. The number of amides is 2. The lowest BCUT2D eigenvalue weighted by Crippen LogP contribution is -2.40. The van der Waals surface area contributed by atoms with Crippen molar-refractivity contribution in [3.05, 3.63) is 26.8 Å². The molecule has 5 nitrogen and oxygen atoms in total. The summed E-state index contributed by atoms with van der Waals surface area (Å²) >= 11 is 8.26. The summed E-state index contributed by atoms with van der Waals surface area (Å²) in [5.74, 6) is -1.26. The summed E-state index contributed by atoms with van der Waals surface area (Å²) in [5.41, 5.74) is 0.556. The summed E-state index contributed by atoms with van der Waals surface area (Å²) in [4.78, 5) is 25.4. The average Bonchev–Trinajstić information content (AvgIpc) is 2.99. The first-order chi connectivity index (χ1) is 9.97. The van der Waals surface area contributed by atoms with Crippen molar-refractivity contribution in [2.24, 2.45) is 5.92 Å². The molecule has 2 saturated heterocycles. The molecule has 2 aliphatic heterocycles. The van der Waals surface area contributed by atoms with Crippen LogP contribution in [0.1, 0.15) is 19.3 Å². The third kappa shape index (κ3) is 2.70. The van der Waals surface area contributed by atoms with E-state index in [0.717, 1.165) is 16.4 Å². The van der Waals surface area contributed by atoms with Crippen molar-refractivity contribution >= 4 is 51.9 Å². The first-order valence-electron chi connectivity index (χ1n) is 6.74. The van der Waals surface area contributed by atoms with Crippen LogP contribution in [0.15, 0.2) is 18.2 Å². The van der Waals surface area contributed by atoms with Crippen LogP contribution in [-0.4, -0.2) is 34.1 Å². The SMILES string of the molecule is O=C(O)C1CC2CCC1N2C(=O)Nc1ccc(I)cc1Cl. The zero-order valence-corrected chi connectivity index (χ0v) is 14.0. The van der Waals surface area contributed by atoms with E-state index in [-0.39, 0.29) is 18.1 Å². The van der Waals surface area contributed by atoms with Crippen molar-refractivity contribution in [3.63, 3.8) is 0 Å². The fraction of sp³-hybridized carbons (Fsp3) is 0.429. The molecule has 112 valence electrons. The lowest BCUT2D eigenvalue weighted by Gasteiger charge is -2.23. The molecule has 0 saturated carbocycles. The highest BCUT2D eigenvalue weighted by Crippen LogP contribution is 2.42. The van der Waals surface area contributed by atoms with E-state index in [0.29, 0.717) is 17.1 Å². The van der Waals surface area contributed by atoms with Crippen LogP contribution < -0.4 is 5.32 Å². The number of carbonyl (C=O) groups excluding carboxylic acids is 1. The molecule has 7 heteroatoms. The minimum absolute atomic E-state index is 0.0266. The number of hydrogen-bond donors (Lipinski definition) is 2. The number of carboxylic acid groups (broad SMARTS) is 1. The van der Waals surface area contributed by atoms with Gasteiger partial charge in [0, 0.05) is 15.7 Å². The molecule has 0 radical (unpaired) electrons. The predicted octanol–water partition coefficient (Wildman–Crippen LogP) is 3.41. The van der Waals surface area contributed by atoms with Gasteiger partial charge < -0.3 is 15.3 Å². The van der Waals surface area contributed by atoms with Gasteiger partial charge in [-0.3, -0.25) is 4.79 Å². The molecular formula is C14H14ClIN2O3. The van der Waals surface area contributed by atoms with E-state index in [1.165, 1.54) is 0 Å². The number of anilines is 1. The van der Waals surface area contributed by atoms with E-state index in [2.05, 4.69) is 27.9 Å². The van der Waals surface area contributed by atoms with E-state index in [9.17, 15) is 14.7 Å². The van der Waals surface area contributed by atoms with Gasteiger partial charge in [0.1, 0.15) is 0 Å². The predicted molar refractivity (Wildman–Crippen MR) is 87.6 cm³/mol. The van der Waals surface area contributed by atoms with Crippen LogP contribution in [0, 0.1) is 9.49 Å². The van der Waals surface area contributed by atoms with Crippen LogP contribution in [0.3, 0.4) is 0 Å². The summed E-state index contributed by atoms with van der Waals surface area (Å²) in [6, 6.07) is 4.97. The molecule has 0 spiro atoms. The third-order valence-corrected chi connectivity index (χ3v) is 5.24. The zero-order valence-electron chi connectivity index (χ0n) is 11.1. The van der Waals surface area contributed by atoms with E-state index in [1.54, 1.807) is 17.0 Å². The number of fused-ring (bicyclic) bond motifs is 2. The van der Waals surface area contributed by atoms with Crippen LogP contribution in [0.4, 0.5) is 10.5 Å². The average molecular weight is 421 g/mol. The molecule has 3 unspecified atom stereocenters. The van der Waals surface area contributed by atoms with Crippen molar-refractivity contribution in [3.8, 4) is 0 Å². The van der Waals surface area contributed by atoms with Crippen molar-refractivity contribution in [1.29, 1.82) is 0 Å². The molecule has 1 aromatic rings. The lowest BCUT2D eigenvalue weighted by molar-refractivity contribution is -0.142. The second-order valence-electron chi connectivity index (χ2n) is 5.44. The molecule has 2 amide bonds. The van der Waals surface area contributed by atoms with Crippen LogP contribution >= 0.6 is 34.2 Å². The minimum atomic E-state index is -0.813. The smallest absolute Gasteiger partial charge is 0.322 e. The Morgan fingerprint density at radius 2 is 2.14 bits per heavy atom. The Labute approximate surface area is 140 Å². The lowest BCUT2D eigenvalue weighted by atomic mass is 9.89. The van der Waals surface area contributed by atoms with Gasteiger partial charge >= 0.3 is 12.0 Å². The Hall–Kier alpha value is -1.02. The third-order valence-electron chi connectivity index (χ3n) is 4.26. The summed E-state index contributed by atoms with van der Waals surface area (Å²) in [7, 11) is 0. The van der Waals surface area contributed by atoms with E-state index < -0.39 is 11.9 Å². The molecule has 2 bridgehead atoms. The summed E-state index contributed by atoms with van der Waals surface area (Å²) < 4.78 is 0.989.